The second kappa shape index (κ2) is 5.50. The van der Waals surface area contributed by atoms with Crippen LogP contribution in [-0.2, 0) is 0 Å². The van der Waals surface area contributed by atoms with Crippen molar-refractivity contribution in [1.29, 1.82) is 0 Å². The van der Waals surface area contributed by atoms with E-state index in [1.54, 1.807) is 0 Å². The van der Waals surface area contributed by atoms with E-state index in [2.05, 4.69) is 68.6 Å². The van der Waals surface area contributed by atoms with Crippen LogP contribution in [0.5, 0.6) is 0 Å². The minimum atomic E-state index is 0.379. The molecule has 0 N–H and O–H groups in total. The van der Waals surface area contributed by atoms with Gasteiger partial charge in [0.1, 0.15) is 0 Å². The van der Waals surface area contributed by atoms with Crippen molar-refractivity contribution in [3.05, 3.63) is 83.9 Å². The Morgan fingerprint density at radius 3 is 1.67 bits per heavy atom. The number of hydrogen-bond donors (Lipinski definition) is 0. The van der Waals surface area contributed by atoms with Crippen LogP contribution in [0.25, 0.3) is 12.2 Å². The molecule has 0 heteroatoms. The lowest BCUT2D eigenvalue weighted by atomic mass is 9.91. The van der Waals surface area contributed by atoms with Gasteiger partial charge in [0.15, 0.2) is 0 Å². The van der Waals surface area contributed by atoms with E-state index in [1.165, 1.54) is 22.3 Å². The predicted molar refractivity (Wildman–Crippen MR) is 80.6 cm³/mol. The molecule has 18 heavy (non-hydrogen) atoms. The Labute approximate surface area is 109 Å². The lowest BCUT2D eigenvalue weighted by molar-refractivity contribution is 0.921. The fourth-order valence-electron chi connectivity index (χ4n) is 2.10. The Hall–Kier alpha value is -2.08. The molecule has 0 nitrogen and oxygen atoms in total. The summed E-state index contributed by atoms with van der Waals surface area (Å²) in [7, 11) is 0. The second-order valence-electron chi connectivity index (χ2n) is 4.47. The zero-order valence-corrected chi connectivity index (χ0v) is 10.8. The Morgan fingerprint density at radius 1 is 0.833 bits per heavy atom. The summed E-state index contributed by atoms with van der Waals surface area (Å²) in [4.78, 5) is 0. The molecule has 90 valence electrons. The Balaban J connectivity index is 2.37. The van der Waals surface area contributed by atoms with E-state index in [9.17, 15) is 0 Å². The summed E-state index contributed by atoms with van der Waals surface area (Å²) in [5.74, 6) is 0.379. The maximum atomic E-state index is 3.82. The molecule has 2 rings (SSSR count). The molecule has 0 aliphatic heterocycles. The van der Waals surface area contributed by atoms with Crippen LogP contribution in [0, 0.1) is 0 Å². The van der Waals surface area contributed by atoms with Crippen LogP contribution in [0.4, 0.5) is 0 Å². The molecule has 0 aliphatic rings. The molecule has 0 spiro atoms. The summed E-state index contributed by atoms with van der Waals surface area (Å²) in [6.07, 6.45) is 3.77. The molecule has 0 fully saturated rings. The van der Waals surface area contributed by atoms with Crippen molar-refractivity contribution in [2.45, 2.75) is 12.8 Å². The summed E-state index contributed by atoms with van der Waals surface area (Å²) in [5, 5.41) is 0. The van der Waals surface area contributed by atoms with Gasteiger partial charge in [0.05, 0.1) is 0 Å². The van der Waals surface area contributed by atoms with E-state index < -0.39 is 0 Å². The van der Waals surface area contributed by atoms with E-state index >= 15 is 0 Å². The van der Waals surface area contributed by atoms with Crippen LogP contribution in [0.2, 0.25) is 0 Å². The average molecular weight is 234 g/mol. The Morgan fingerprint density at radius 2 is 1.28 bits per heavy atom. The lowest BCUT2D eigenvalue weighted by Gasteiger charge is -2.13. The smallest absolute Gasteiger partial charge is 0.00614 e. The molecule has 0 amide bonds. The minimum Gasteiger partial charge on any atom is -0.0985 e. The zero-order valence-electron chi connectivity index (χ0n) is 10.8. The third kappa shape index (κ3) is 2.60. The fraction of sp³-hybridized carbons (Fsp3) is 0.111. The summed E-state index contributed by atoms with van der Waals surface area (Å²) in [6.45, 7) is 9.86. The monoisotopic (exact) mass is 234 g/mol. The Bertz CT molecular complexity index is 512. The van der Waals surface area contributed by atoms with Gasteiger partial charge in [0.25, 0.3) is 0 Å². The van der Waals surface area contributed by atoms with Gasteiger partial charge < -0.3 is 0 Å². The van der Waals surface area contributed by atoms with Crippen LogP contribution in [0.1, 0.15) is 35.1 Å². The molecular weight excluding hydrogens is 216 g/mol. The first kappa shape index (κ1) is 12.4. The maximum Gasteiger partial charge on any atom is 0.00614 e. The van der Waals surface area contributed by atoms with Gasteiger partial charge >= 0.3 is 0 Å². The Kier molecular flexibility index (Phi) is 3.78. The second-order valence-corrected chi connectivity index (χ2v) is 4.47. The van der Waals surface area contributed by atoms with Gasteiger partial charge in [-0.2, -0.15) is 0 Å². The first-order valence-electron chi connectivity index (χ1n) is 6.19. The van der Waals surface area contributed by atoms with Crippen molar-refractivity contribution in [2.75, 3.05) is 0 Å². The van der Waals surface area contributed by atoms with E-state index in [1.807, 2.05) is 12.2 Å². The van der Waals surface area contributed by atoms with Gasteiger partial charge in [-0.1, -0.05) is 80.8 Å². The number of hydrogen-bond acceptors (Lipinski definition) is 0. The van der Waals surface area contributed by atoms with E-state index in [4.69, 9.17) is 0 Å². The molecule has 2 aromatic rings. The molecule has 2 aromatic carbocycles. The largest absolute Gasteiger partial charge is 0.0985 e. The molecule has 0 radical (unpaired) electrons. The molecule has 0 unspecified atom stereocenters. The van der Waals surface area contributed by atoms with Gasteiger partial charge in [0, 0.05) is 5.92 Å². The highest BCUT2D eigenvalue weighted by atomic mass is 14.1. The number of rotatable bonds is 4. The first-order valence-corrected chi connectivity index (χ1v) is 6.19. The fourth-order valence-corrected chi connectivity index (χ4v) is 2.10. The van der Waals surface area contributed by atoms with Crippen molar-refractivity contribution >= 4 is 12.2 Å². The van der Waals surface area contributed by atoms with Gasteiger partial charge in [-0.05, 0) is 22.3 Å². The number of benzene rings is 2. The van der Waals surface area contributed by atoms with Crippen molar-refractivity contribution in [2.24, 2.45) is 0 Å². The SMILES string of the molecule is C=Cc1cccc(C(C)c2cccc(C=C)c2)c1. The van der Waals surface area contributed by atoms with E-state index in [-0.39, 0.29) is 0 Å². The average Bonchev–Trinajstić information content (AvgIpc) is 2.46. The van der Waals surface area contributed by atoms with E-state index in [0.29, 0.717) is 5.92 Å². The summed E-state index contributed by atoms with van der Waals surface area (Å²) < 4.78 is 0. The van der Waals surface area contributed by atoms with Gasteiger partial charge in [-0.15, -0.1) is 0 Å². The van der Waals surface area contributed by atoms with Gasteiger partial charge in [-0.3, -0.25) is 0 Å². The molecule has 0 saturated carbocycles. The normalized spacial score (nSPS) is 10.3. The zero-order chi connectivity index (χ0) is 13.0. The third-order valence-corrected chi connectivity index (χ3v) is 3.29. The van der Waals surface area contributed by atoms with Crippen LogP contribution in [0.3, 0.4) is 0 Å². The molecule has 0 atom stereocenters. The third-order valence-electron chi connectivity index (χ3n) is 3.29. The lowest BCUT2D eigenvalue weighted by Crippen LogP contribution is -1.96. The van der Waals surface area contributed by atoms with Crippen molar-refractivity contribution in [3.63, 3.8) is 0 Å². The summed E-state index contributed by atoms with van der Waals surface area (Å²) in [5.41, 5.74) is 4.96. The first-order chi connectivity index (χ1) is 8.74. The van der Waals surface area contributed by atoms with Gasteiger partial charge in [0.2, 0.25) is 0 Å². The molecule has 0 saturated heterocycles. The van der Waals surface area contributed by atoms with Crippen LogP contribution < -0.4 is 0 Å². The summed E-state index contributed by atoms with van der Waals surface area (Å²) >= 11 is 0. The van der Waals surface area contributed by atoms with Gasteiger partial charge in [-0.25, -0.2) is 0 Å². The van der Waals surface area contributed by atoms with Crippen molar-refractivity contribution in [1.82, 2.24) is 0 Å². The van der Waals surface area contributed by atoms with E-state index in [0.717, 1.165) is 0 Å². The molecule has 0 aliphatic carbocycles. The summed E-state index contributed by atoms with van der Waals surface area (Å²) in [6, 6.07) is 17.0. The highest BCUT2D eigenvalue weighted by Crippen LogP contribution is 2.25. The molecule has 0 aromatic heterocycles. The minimum absolute atomic E-state index is 0.379. The highest BCUT2D eigenvalue weighted by molar-refractivity contribution is 5.52. The molecular formula is C18H18. The quantitative estimate of drug-likeness (QED) is 0.688. The van der Waals surface area contributed by atoms with Crippen LogP contribution in [-0.4, -0.2) is 0 Å². The van der Waals surface area contributed by atoms with Crippen molar-refractivity contribution < 1.29 is 0 Å². The topological polar surface area (TPSA) is 0 Å². The highest BCUT2D eigenvalue weighted by Gasteiger charge is 2.08. The predicted octanol–water partition coefficient (Wildman–Crippen LogP) is 5.12. The maximum absolute atomic E-state index is 3.82. The van der Waals surface area contributed by atoms with Crippen molar-refractivity contribution in [3.8, 4) is 0 Å². The molecule has 0 bridgehead atoms. The van der Waals surface area contributed by atoms with Crippen LogP contribution in [0.15, 0.2) is 61.7 Å². The van der Waals surface area contributed by atoms with Crippen LogP contribution >= 0.6 is 0 Å². The molecule has 0 heterocycles. The standard InChI is InChI=1S/C18H18/c1-4-15-8-6-10-17(12-15)14(3)18-11-7-9-16(5-2)13-18/h4-14H,1-2H2,3H3.